The van der Waals surface area contributed by atoms with Crippen LogP contribution in [0.3, 0.4) is 0 Å². The number of rotatable bonds is 8. The van der Waals surface area contributed by atoms with E-state index < -0.39 is 0 Å². The summed E-state index contributed by atoms with van der Waals surface area (Å²) in [6, 6.07) is 2.14. The quantitative estimate of drug-likeness (QED) is 0.781. The van der Waals surface area contributed by atoms with Crippen molar-refractivity contribution in [3.63, 3.8) is 0 Å². The highest BCUT2D eigenvalue weighted by atomic mass is 32.1. The van der Waals surface area contributed by atoms with Crippen molar-refractivity contribution in [2.24, 2.45) is 5.92 Å². The minimum Gasteiger partial charge on any atom is -0.322 e. The molecule has 118 valence electrons. The summed E-state index contributed by atoms with van der Waals surface area (Å²) < 4.78 is 0. The lowest BCUT2D eigenvalue weighted by atomic mass is 10.1. The smallest absolute Gasteiger partial charge is 0.241 e. The van der Waals surface area contributed by atoms with E-state index in [1.807, 2.05) is 0 Å². The van der Waals surface area contributed by atoms with Gasteiger partial charge in [0.25, 0.3) is 0 Å². The molecular formula is C17H28N2OS. The van der Waals surface area contributed by atoms with E-state index in [4.69, 9.17) is 0 Å². The number of unbranched alkanes of at least 4 members (excludes halogenated alkanes) is 1. The second-order valence-electron chi connectivity index (χ2n) is 6.39. The fourth-order valence-electron chi connectivity index (χ4n) is 2.91. The zero-order valence-corrected chi connectivity index (χ0v) is 14.3. The molecule has 21 heavy (non-hydrogen) atoms. The number of carbonyl (C=O) groups is 1. The Kier molecular flexibility index (Phi) is 6.24. The summed E-state index contributed by atoms with van der Waals surface area (Å²) in [6.07, 6.45) is 5.56. The van der Waals surface area contributed by atoms with Gasteiger partial charge in [0.2, 0.25) is 5.91 Å². The maximum Gasteiger partial charge on any atom is 0.241 e. The van der Waals surface area contributed by atoms with Gasteiger partial charge in [-0.2, -0.15) is 11.3 Å². The number of nitrogens with zero attached hydrogens (tertiary/aromatic N) is 1. The van der Waals surface area contributed by atoms with Crippen LogP contribution in [-0.2, 0) is 4.79 Å². The standard InChI is InChI=1S/C17H28N2OS/c1-4-5-8-15-17(20)19(10-6-7-13(2)3)16(18-15)14-9-11-21-12-14/h9,11-13,15-16,18H,4-8,10H2,1-3H3. The third kappa shape index (κ3) is 4.30. The van der Waals surface area contributed by atoms with E-state index in [2.05, 4.69) is 47.8 Å². The first-order valence-corrected chi connectivity index (χ1v) is 9.16. The van der Waals surface area contributed by atoms with Gasteiger partial charge in [0.15, 0.2) is 0 Å². The molecule has 1 fully saturated rings. The van der Waals surface area contributed by atoms with Gasteiger partial charge in [-0.25, -0.2) is 0 Å². The van der Waals surface area contributed by atoms with Crippen LogP contribution in [0, 0.1) is 5.92 Å². The Hall–Kier alpha value is -0.870. The number of amides is 1. The van der Waals surface area contributed by atoms with E-state index in [0.717, 1.165) is 32.2 Å². The first-order valence-electron chi connectivity index (χ1n) is 8.22. The van der Waals surface area contributed by atoms with Crippen molar-refractivity contribution >= 4 is 17.2 Å². The molecule has 1 aromatic heterocycles. The van der Waals surface area contributed by atoms with Crippen LogP contribution in [0.5, 0.6) is 0 Å². The monoisotopic (exact) mass is 308 g/mol. The Bertz CT molecular complexity index is 430. The SMILES string of the molecule is CCCCC1NC(c2ccsc2)N(CCCC(C)C)C1=O. The van der Waals surface area contributed by atoms with Crippen LogP contribution in [0.4, 0.5) is 0 Å². The van der Waals surface area contributed by atoms with Crippen LogP contribution in [0.2, 0.25) is 0 Å². The van der Waals surface area contributed by atoms with Gasteiger partial charge in [-0.1, -0.05) is 33.6 Å². The summed E-state index contributed by atoms with van der Waals surface area (Å²) in [7, 11) is 0. The van der Waals surface area contributed by atoms with Crippen LogP contribution in [0.15, 0.2) is 16.8 Å². The van der Waals surface area contributed by atoms with Crippen LogP contribution >= 0.6 is 11.3 Å². The Morgan fingerprint density at radius 3 is 2.81 bits per heavy atom. The predicted molar refractivity (Wildman–Crippen MR) is 89.3 cm³/mol. The largest absolute Gasteiger partial charge is 0.322 e. The van der Waals surface area contributed by atoms with Gasteiger partial charge < -0.3 is 4.90 Å². The van der Waals surface area contributed by atoms with E-state index in [1.54, 1.807) is 11.3 Å². The summed E-state index contributed by atoms with van der Waals surface area (Å²) in [6.45, 7) is 7.53. The third-order valence-corrected chi connectivity index (χ3v) is 4.84. The highest BCUT2D eigenvalue weighted by molar-refractivity contribution is 7.07. The second-order valence-corrected chi connectivity index (χ2v) is 7.17. The summed E-state index contributed by atoms with van der Waals surface area (Å²) in [5.41, 5.74) is 1.23. The van der Waals surface area contributed by atoms with E-state index in [9.17, 15) is 4.79 Å². The molecule has 1 aliphatic rings. The average Bonchev–Trinajstić information content (AvgIpc) is 3.06. The molecular weight excluding hydrogens is 280 g/mol. The molecule has 1 aromatic rings. The molecule has 2 heterocycles. The Morgan fingerprint density at radius 1 is 1.38 bits per heavy atom. The normalized spacial score (nSPS) is 22.5. The van der Waals surface area contributed by atoms with Crippen LogP contribution in [-0.4, -0.2) is 23.4 Å². The zero-order chi connectivity index (χ0) is 15.2. The Morgan fingerprint density at radius 2 is 2.19 bits per heavy atom. The van der Waals surface area contributed by atoms with Crippen molar-refractivity contribution in [1.29, 1.82) is 0 Å². The number of thiophene rings is 1. The molecule has 2 rings (SSSR count). The minimum atomic E-state index is 0.00824. The molecule has 0 radical (unpaired) electrons. The number of nitrogens with one attached hydrogen (secondary N) is 1. The molecule has 1 saturated heterocycles. The van der Waals surface area contributed by atoms with Crippen LogP contribution in [0.25, 0.3) is 0 Å². The molecule has 0 aromatic carbocycles. The lowest BCUT2D eigenvalue weighted by Crippen LogP contribution is -2.32. The first kappa shape index (κ1) is 16.5. The first-order chi connectivity index (χ1) is 10.1. The number of carbonyl (C=O) groups excluding carboxylic acids is 1. The fourth-order valence-corrected chi connectivity index (χ4v) is 3.59. The van der Waals surface area contributed by atoms with Crippen molar-refractivity contribution in [3.8, 4) is 0 Å². The lowest BCUT2D eigenvalue weighted by molar-refractivity contribution is -0.130. The van der Waals surface area contributed by atoms with Gasteiger partial charge >= 0.3 is 0 Å². The summed E-state index contributed by atoms with van der Waals surface area (Å²) >= 11 is 1.70. The topological polar surface area (TPSA) is 32.3 Å². The summed E-state index contributed by atoms with van der Waals surface area (Å²) in [5, 5.41) is 7.79. The number of hydrogen-bond donors (Lipinski definition) is 1. The Labute approximate surface area is 132 Å². The van der Waals surface area contributed by atoms with Crippen molar-refractivity contribution in [3.05, 3.63) is 22.4 Å². The van der Waals surface area contributed by atoms with Crippen molar-refractivity contribution < 1.29 is 4.79 Å². The molecule has 2 atom stereocenters. The maximum absolute atomic E-state index is 12.7. The van der Waals surface area contributed by atoms with E-state index in [0.29, 0.717) is 11.8 Å². The average molecular weight is 308 g/mol. The van der Waals surface area contributed by atoms with Crippen molar-refractivity contribution in [2.45, 2.75) is 65.1 Å². The zero-order valence-electron chi connectivity index (χ0n) is 13.5. The van der Waals surface area contributed by atoms with Crippen molar-refractivity contribution in [2.75, 3.05) is 6.54 Å². The highest BCUT2D eigenvalue weighted by Gasteiger charge is 2.38. The molecule has 1 aliphatic heterocycles. The van der Waals surface area contributed by atoms with Gasteiger partial charge in [0.05, 0.1) is 6.04 Å². The molecule has 0 bridgehead atoms. The third-order valence-electron chi connectivity index (χ3n) is 4.14. The van der Waals surface area contributed by atoms with Gasteiger partial charge in [-0.15, -0.1) is 0 Å². The molecule has 3 nitrogen and oxygen atoms in total. The highest BCUT2D eigenvalue weighted by Crippen LogP contribution is 2.29. The fraction of sp³-hybridized carbons (Fsp3) is 0.706. The van der Waals surface area contributed by atoms with Gasteiger partial charge in [-0.05, 0) is 47.6 Å². The van der Waals surface area contributed by atoms with Gasteiger partial charge in [0.1, 0.15) is 6.17 Å². The number of hydrogen-bond acceptors (Lipinski definition) is 3. The second kappa shape index (κ2) is 7.95. The molecule has 0 saturated carbocycles. The molecule has 1 amide bonds. The van der Waals surface area contributed by atoms with Crippen LogP contribution in [0.1, 0.15) is 64.6 Å². The van der Waals surface area contributed by atoms with Crippen LogP contribution < -0.4 is 5.32 Å². The summed E-state index contributed by atoms with van der Waals surface area (Å²) in [4.78, 5) is 14.7. The molecule has 0 spiro atoms. The van der Waals surface area contributed by atoms with E-state index in [-0.39, 0.29) is 12.2 Å². The Balaban J connectivity index is 2.03. The van der Waals surface area contributed by atoms with E-state index >= 15 is 0 Å². The molecule has 0 aliphatic carbocycles. The molecule has 1 N–H and O–H groups in total. The minimum absolute atomic E-state index is 0.00824. The summed E-state index contributed by atoms with van der Waals surface area (Å²) in [5.74, 6) is 0.995. The molecule has 2 unspecified atom stereocenters. The lowest BCUT2D eigenvalue weighted by Gasteiger charge is -2.24. The van der Waals surface area contributed by atoms with Gasteiger partial charge in [0, 0.05) is 6.54 Å². The molecule has 4 heteroatoms. The van der Waals surface area contributed by atoms with Gasteiger partial charge in [-0.3, -0.25) is 10.1 Å². The predicted octanol–water partition coefficient (Wildman–Crippen LogP) is 4.17. The van der Waals surface area contributed by atoms with Crippen molar-refractivity contribution in [1.82, 2.24) is 10.2 Å². The maximum atomic E-state index is 12.7. The van der Waals surface area contributed by atoms with E-state index in [1.165, 1.54) is 12.0 Å².